The Morgan fingerprint density at radius 1 is 1.26 bits per heavy atom. The number of carbonyl (C=O) groups is 1. The van der Waals surface area contributed by atoms with E-state index in [1.54, 1.807) is 24.4 Å². The number of aromatic nitrogens is 1. The molecule has 102 valence electrons. The van der Waals surface area contributed by atoms with Gasteiger partial charge in [-0.2, -0.15) is 13.2 Å². The number of fused-ring (bicyclic) bond motifs is 1. The lowest BCUT2D eigenvalue weighted by Crippen LogP contribution is -2.35. The molecule has 0 aliphatic carbocycles. The first-order chi connectivity index (χ1) is 8.94. The van der Waals surface area contributed by atoms with E-state index in [1.807, 2.05) is 11.4 Å². The molecule has 19 heavy (non-hydrogen) atoms. The van der Waals surface area contributed by atoms with E-state index in [1.165, 1.54) is 0 Å². The van der Waals surface area contributed by atoms with Crippen LogP contribution in [-0.2, 0) is 4.79 Å². The highest BCUT2D eigenvalue weighted by atomic mass is 19.4. The number of hydrogen-bond donors (Lipinski definition) is 3. The summed E-state index contributed by atoms with van der Waals surface area (Å²) in [6.07, 6.45) is -2.55. The van der Waals surface area contributed by atoms with Crippen molar-refractivity contribution in [3.05, 3.63) is 30.5 Å². The van der Waals surface area contributed by atoms with Crippen molar-refractivity contribution >= 4 is 22.5 Å². The molecule has 0 fully saturated rings. The van der Waals surface area contributed by atoms with Gasteiger partial charge in [-0.1, -0.05) is 0 Å². The molecule has 0 radical (unpaired) electrons. The predicted octanol–water partition coefficient (Wildman–Crippen LogP) is 2.26. The van der Waals surface area contributed by atoms with Crippen LogP contribution in [0.3, 0.4) is 0 Å². The van der Waals surface area contributed by atoms with Crippen LogP contribution >= 0.6 is 0 Å². The van der Waals surface area contributed by atoms with Gasteiger partial charge in [0.15, 0.2) is 0 Å². The topological polar surface area (TPSA) is 56.9 Å². The molecule has 4 nitrogen and oxygen atoms in total. The predicted molar refractivity (Wildman–Crippen MR) is 65.9 cm³/mol. The fourth-order valence-electron chi connectivity index (χ4n) is 1.65. The normalized spacial score (nSPS) is 11.7. The molecular formula is C12H12F3N3O. The number of halogens is 3. The van der Waals surface area contributed by atoms with Gasteiger partial charge in [0, 0.05) is 22.8 Å². The first-order valence-electron chi connectivity index (χ1n) is 5.58. The van der Waals surface area contributed by atoms with Gasteiger partial charge in [-0.25, -0.2) is 0 Å². The monoisotopic (exact) mass is 271 g/mol. The molecule has 1 aromatic heterocycles. The van der Waals surface area contributed by atoms with Gasteiger partial charge in [-0.05, 0) is 24.3 Å². The second kappa shape index (κ2) is 5.31. The Labute approximate surface area is 107 Å². The van der Waals surface area contributed by atoms with E-state index < -0.39 is 18.6 Å². The third-order valence-corrected chi connectivity index (χ3v) is 2.45. The maximum atomic E-state index is 11.9. The molecule has 1 amide bonds. The molecule has 0 spiro atoms. The maximum absolute atomic E-state index is 11.9. The van der Waals surface area contributed by atoms with Crippen LogP contribution in [0.2, 0.25) is 0 Å². The molecule has 0 atom stereocenters. The second-order valence-electron chi connectivity index (χ2n) is 4.05. The van der Waals surface area contributed by atoms with E-state index >= 15 is 0 Å². The van der Waals surface area contributed by atoms with E-state index in [4.69, 9.17) is 0 Å². The fourth-order valence-corrected chi connectivity index (χ4v) is 1.65. The van der Waals surface area contributed by atoms with Crippen LogP contribution in [0.4, 0.5) is 18.9 Å². The zero-order chi connectivity index (χ0) is 13.9. The van der Waals surface area contributed by atoms with Gasteiger partial charge in [0.05, 0.1) is 13.1 Å². The highest BCUT2D eigenvalue weighted by molar-refractivity contribution is 5.94. The number of benzene rings is 1. The van der Waals surface area contributed by atoms with Crippen LogP contribution in [0.25, 0.3) is 10.9 Å². The van der Waals surface area contributed by atoms with Gasteiger partial charge < -0.3 is 15.6 Å². The average molecular weight is 271 g/mol. The Kier molecular flexibility index (Phi) is 3.75. The number of nitrogens with one attached hydrogen (secondary N) is 3. The van der Waals surface area contributed by atoms with Crippen molar-refractivity contribution in [1.29, 1.82) is 0 Å². The SMILES string of the molecule is O=C(CNCC(F)(F)F)Nc1ccc2[nH]ccc2c1. The minimum atomic E-state index is -4.32. The van der Waals surface area contributed by atoms with Crippen LogP contribution in [-0.4, -0.2) is 30.2 Å². The van der Waals surface area contributed by atoms with Gasteiger partial charge in [0.1, 0.15) is 0 Å². The molecule has 0 aliphatic rings. The Hall–Kier alpha value is -2.02. The third kappa shape index (κ3) is 3.99. The average Bonchev–Trinajstić information content (AvgIpc) is 2.74. The Morgan fingerprint density at radius 3 is 2.79 bits per heavy atom. The number of aromatic amines is 1. The van der Waals surface area contributed by atoms with Crippen LogP contribution in [0.15, 0.2) is 30.5 Å². The molecule has 7 heteroatoms. The van der Waals surface area contributed by atoms with Crippen molar-refractivity contribution in [3.63, 3.8) is 0 Å². The molecule has 2 rings (SSSR count). The maximum Gasteiger partial charge on any atom is 0.401 e. The van der Waals surface area contributed by atoms with E-state index in [0.29, 0.717) is 5.69 Å². The lowest BCUT2D eigenvalue weighted by molar-refractivity contribution is -0.126. The van der Waals surface area contributed by atoms with E-state index in [-0.39, 0.29) is 6.54 Å². The summed E-state index contributed by atoms with van der Waals surface area (Å²) >= 11 is 0. The summed E-state index contributed by atoms with van der Waals surface area (Å²) in [5, 5.41) is 5.48. The highest BCUT2D eigenvalue weighted by Crippen LogP contribution is 2.17. The number of rotatable bonds is 4. The molecule has 3 N–H and O–H groups in total. The largest absolute Gasteiger partial charge is 0.401 e. The van der Waals surface area contributed by atoms with Crippen LogP contribution < -0.4 is 10.6 Å². The molecule has 0 aliphatic heterocycles. The summed E-state index contributed by atoms with van der Waals surface area (Å²) in [6.45, 7) is -1.57. The summed E-state index contributed by atoms with van der Waals surface area (Å²) in [4.78, 5) is 14.4. The Bertz CT molecular complexity index is 577. The van der Waals surface area contributed by atoms with Gasteiger partial charge in [0.25, 0.3) is 0 Å². The van der Waals surface area contributed by atoms with Gasteiger partial charge in [0.2, 0.25) is 5.91 Å². The zero-order valence-corrected chi connectivity index (χ0v) is 9.84. The van der Waals surface area contributed by atoms with Gasteiger partial charge >= 0.3 is 6.18 Å². The minimum Gasteiger partial charge on any atom is -0.361 e. The lowest BCUT2D eigenvalue weighted by Gasteiger charge is -2.08. The Morgan fingerprint density at radius 2 is 2.05 bits per heavy atom. The second-order valence-corrected chi connectivity index (χ2v) is 4.05. The molecule has 1 heterocycles. The lowest BCUT2D eigenvalue weighted by atomic mass is 10.2. The number of hydrogen-bond acceptors (Lipinski definition) is 2. The fraction of sp³-hybridized carbons (Fsp3) is 0.250. The van der Waals surface area contributed by atoms with E-state index in [9.17, 15) is 18.0 Å². The molecule has 0 bridgehead atoms. The minimum absolute atomic E-state index is 0.384. The summed E-state index contributed by atoms with van der Waals surface area (Å²) in [5.41, 5.74) is 1.47. The van der Waals surface area contributed by atoms with Crippen molar-refractivity contribution < 1.29 is 18.0 Å². The number of alkyl halides is 3. The third-order valence-electron chi connectivity index (χ3n) is 2.45. The summed E-state index contributed by atoms with van der Waals surface area (Å²) in [7, 11) is 0. The molecule has 0 saturated carbocycles. The first-order valence-corrected chi connectivity index (χ1v) is 5.58. The number of anilines is 1. The molecule has 1 aromatic carbocycles. The van der Waals surface area contributed by atoms with E-state index in [2.05, 4.69) is 10.3 Å². The van der Waals surface area contributed by atoms with Crippen LogP contribution in [0.5, 0.6) is 0 Å². The molecular weight excluding hydrogens is 259 g/mol. The van der Waals surface area contributed by atoms with Crippen molar-refractivity contribution in [2.24, 2.45) is 0 Å². The van der Waals surface area contributed by atoms with Crippen molar-refractivity contribution in [3.8, 4) is 0 Å². The molecule has 2 aromatic rings. The Balaban J connectivity index is 1.88. The molecule has 0 saturated heterocycles. The highest BCUT2D eigenvalue weighted by Gasteiger charge is 2.26. The van der Waals surface area contributed by atoms with Gasteiger partial charge in [-0.3, -0.25) is 4.79 Å². The number of H-pyrrole nitrogens is 1. The quantitative estimate of drug-likeness (QED) is 0.799. The van der Waals surface area contributed by atoms with Gasteiger partial charge in [-0.15, -0.1) is 0 Å². The standard InChI is InChI=1S/C12H12F3N3O/c13-12(14,15)7-16-6-11(19)18-9-1-2-10-8(5-9)3-4-17-10/h1-5,16-17H,6-7H2,(H,18,19). The molecule has 0 unspecified atom stereocenters. The van der Waals surface area contributed by atoms with E-state index in [0.717, 1.165) is 10.9 Å². The number of carbonyl (C=O) groups excluding carboxylic acids is 1. The summed E-state index contributed by atoms with van der Waals surface area (Å²) in [5.74, 6) is -0.515. The van der Waals surface area contributed by atoms with Crippen molar-refractivity contribution in [1.82, 2.24) is 10.3 Å². The van der Waals surface area contributed by atoms with Crippen molar-refractivity contribution in [2.45, 2.75) is 6.18 Å². The first kappa shape index (κ1) is 13.4. The summed E-state index contributed by atoms with van der Waals surface area (Å²) in [6, 6.07) is 7.05. The van der Waals surface area contributed by atoms with Crippen LogP contribution in [0.1, 0.15) is 0 Å². The van der Waals surface area contributed by atoms with Crippen LogP contribution in [0, 0.1) is 0 Å². The summed E-state index contributed by atoms with van der Waals surface area (Å²) < 4.78 is 35.6. The zero-order valence-electron chi connectivity index (χ0n) is 9.84. The van der Waals surface area contributed by atoms with Crippen molar-refractivity contribution in [2.75, 3.05) is 18.4 Å². The smallest absolute Gasteiger partial charge is 0.361 e. The number of amides is 1.